The molecule has 0 amide bonds. The molecule has 4 heteroatoms. The first-order chi connectivity index (χ1) is 7.83. The van der Waals surface area contributed by atoms with Crippen molar-refractivity contribution in [1.29, 1.82) is 0 Å². The normalized spacial score (nSPS) is 13.3. The van der Waals surface area contributed by atoms with Crippen LogP contribution in [0.25, 0.3) is 9.40 Å². The average Bonchev–Trinajstić information content (AvgIpc) is 2.91. The van der Waals surface area contributed by atoms with Crippen LogP contribution in [0.15, 0.2) is 35.0 Å². The van der Waals surface area contributed by atoms with Crippen LogP contribution >= 0.6 is 34.0 Å². The van der Waals surface area contributed by atoms with E-state index in [1.807, 2.05) is 6.07 Å². The summed E-state index contributed by atoms with van der Waals surface area (Å²) in [6, 6.07) is 8.33. The highest BCUT2D eigenvalue weighted by molar-refractivity contribution is 7.26. The number of hydrogen-bond acceptors (Lipinski definition) is 4. The van der Waals surface area contributed by atoms with Crippen molar-refractivity contribution in [2.24, 2.45) is 0 Å². The fourth-order valence-electron chi connectivity index (χ4n) is 1.67. The van der Waals surface area contributed by atoms with Crippen LogP contribution in [0.5, 0.6) is 0 Å². The van der Waals surface area contributed by atoms with Crippen molar-refractivity contribution in [3.8, 4) is 0 Å². The zero-order valence-corrected chi connectivity index (χ0v) is 10.9. The van der Waals surface area contributed by atoms with Crippen LogP contribution < -0.4 is 0 Å². The van der Waals surface area contributed by atoms with E-state index in [1.165, 1.54) is 14.3 Å². The van der Waals surface area contributed by atoms with Crippen molar-refractivity contribution >= 4 is 43.4 Å². The molecular formula is C12H10OS3. The summed E-state index contributed by atoms with van der Waals surface area (Å²) in [5.74, 6) is 0. The lowest BCUT2D eigenvalue weighted by molar-refractivity contribution is 0.183. The fourth-order valence-corrected chi connectivity index (χ4v) is 4.52. The van der Waals surface area contributed by atoms with Gasteiger partial charge < -0.3 is 5.11 Å². The number of aliphatic hydroxyl groups excluding tert-OH is 1. The van der Waals surface area contributed by atoms with Crippen LogP contribution in [-0.2, 0) is 6.42 Å². The summed E-state index contributed by atoms with van der Waals surface area (Å²) in [7, 11) is 0. The molecule has 1 N–H and O–H groups in total. The van der Waals surface area contributed by atoms with Gasteiger partial charge in [-0.25, -0.2) is 0 Å². The van der Waals surface area contributed by atoms with Gasteiger partial charge in [-0.05, 0) is 29.0 Å². The van der Waals surface area contributed by atoms with Gasteiger partial charge in [-0.15, -0.1) is 34.0 Å². The Kier molecular flexibility index (Phi) is 2.81. The predicted molar refractivity (Wildman–Crippen MR) is 72.7 cm³/mol. The first-order valence-corrected chi connectivity index (χ1v) is 7.58. The number of aliphatic hydroxyl groups is 1. The Labute approximate surface area is 106 Å². The van der Waals surface area contributed by atoms with Gasteiger partial charge in [0.1, 0.15) is 0 Å². The monoisotopic (exact) mass is 266 g/mol. The van der Waals surface area contributed by atoms with Gasteiger partial charge in [-0.2, -0.15) is 0 Å². The number of hydrogen-bond donors (Lipinski definition) is 1. The first-order valence-electron chi connectivity index (χ1n) is 5.00. The molecule has 82 valence electrons. The topological polar surface area (TPSA) is 20.2 Å². The Bertz CT molecular complexity index is 548. The minimum Gasteiger partial charge on any atom is -0.387 e. The molecule has 1 nitrogen and oxygen atoms in total. The zero-order valence-electron chi connectivity index (χ0n) is 8.42. The van der Waals surface area contributed by atoms with Crippen molar-refractivity contribution in [3.63, 3.8) is 0 Å². The molecule has 0 aliphatic carbocycles. The molecule has 1 unspecified atom stereocenters. The molecule has 0 aromatic carbocycles. The van der Waals surface area contributed by atoms with Gasteiger partial charge in [0.25, 0.3) is 0 Å². The van der Waals surface area contributed by atoms with Crippen LogP contribution in [-0.4, -0.2) is 5.11 Å². The van der Waals surface area contributed by atoms with Gasteiger partial charge in [-0.1, -0.05) is 6.07 Å². The summed E-state index contributed by atoms with van der Waals surface area (Å²) in [4.78, 5) is 2.32. The van der Waals surface area contributed by atoms with E-state index in [4.69, 9.17) is 0 Å². The van der Waals surface area contributed by atoms with E-state index in [0.29, 0.717) is 0 Å². The smallest absolute Gasteiger partial charge is 0.0930 e. The molecule has 0 saturated carbocycles. The number of thiophene rings is 3. The second-order valence-electron chi connectivity index (χ2n) is 3.60. The Morgan fingerprint density at radius 2 is 2.06 bits per heavy atom. The standard InChI is InChI=1S/C12H10OS3/c13-9(6-8-2-1-4-14-8)11-7-12-10(16-11)3-5-15-12/h1-5,7,9,13H,6H2. The van der Waals surface area contributed by atoms with Gasteiger partial charge in [0.05, 0.1) is 6.10 Å². The van der Waals surface area contributed by atoms with Crippen LogP contribution in [0.4, 0.5) is 0 Å². The van der Waals surface area contributed by atoms with E-state index >= 15 is 0 Å². The molecule has 0 aliphatic rings. The summed E-state index contributed by atoms with van der Waals surface area (Å²) in [6.45, 7) is 0. The molecule has 3 heterocycles. The van der Waals surface area contributed by atoms with E-state index in [1.54, 1.807) is 34.0 Å². The molecule has 16 heavy (non-hydrogen) atoms. The summed E-state index contributed by atoms with van der Waals surface area (Å²) in [5.41, 5.74) is 0. The largest absolute Gasteiger partial charge is 0.387 e. The van der Waals surface area contributed by atoms with Crippen molar-refractivity contribution in [2.45, 2.75) is 12.5 Å². The lowest BCUT2D eigenvalue weighted by Gasteiger charge is -2.05. The summed E-state index contributed by atoms with van der Waals surface area (Å²) >= 11 is 5.14. The third-order valence-corrected chi connectivity index (χ3v) is 5.55. The van der Waals surface area contributed by atoms with Crippen molar-refractivity contribution in [1.82, 2.24) is 0 Å². The second kappa shape index (κ2) is 4.30. The second-order valence-corrected chi connectivity index (χ2v) is 6.69. The van der Waals surface area contributed by atoms with Crippen molar-refractivity contribution in [3.05, 3.63) is 44.8 Å². The quantitative estimate of drug-likeness (QED) is 0.749. The third-order valence-electron chi connectivity index (χ3n) is 2.46. The number of fused-ring (bicyclic) bond motifs is 1. The predicted octanol–water partition coefficient (Wildman–Crippen LogP) is 4.30. The summed E-state index contributed by atoms with van der Waals surface area (Å²) in [6.07, 6.45) is 0.370. The van der Waals surface area contributed by atoms with Crippen LogP contribution in [0.3, 0.4) is 0 Å². The fraction of sp³-hybridized carbons (Fsp3) is 0.167. The average molecular weight is 266 g/mol. The molecule has 0 fully saturated rings. The molecule has 3 aromatic rings. The highest BCUT2D eigenvalue weighted by Gasteiger charge is 2.13. The van der Waals surface area contributed by atoms with Gasteiger partial charge in [-0.3, -0.25) is 0 Å². The molecule has 0 aliphatic heterocycles. The SMILES string of the molecule is OC(Cc1cccs1)c1cc2sccc2s1. The Balaban J connectivity index is 1.84. The van der Waals surface area contributed by atoms with Gasteiger partial charge in [0.2, 0.25) is 0 Å². The maximum atomic E-state index is 10.1. The van der Waals surface area contributed by atoms with E-state index in [-0.39, 0.29) is 6.10 Å². The summed E-state index contributed by atoms with van der Waals surface area (Å²) < 4.78 is 2.57. The van der Waals surface area contributed by atoms with Crippen molar-refractivity contribution in [2.75, 3.05) is 0 Å². The third kappa shape index (κ3) is 1.94. The van der Waals surface area contributed by atoms with Gasteiger partial charge >= 0.3 is 0 Å². The highest BCUT2D eigenvalue weighted by atomic mass is 32.1. The Hall–Kier alpha value is -0.680. The Morgan fingerprint density at radius 1 is 1.12 bits per heavy atom. The lowest BCUT2D eigenvalue weighted by Crippen LogP contribution is -1.97. The molecular weight excluding hydrogens is 256 g/mol. The van der Waals surface area contributed by atoms with Crippen LogP contribution in [0, 0.1) is 0 Å². The van der Waals surface area contributed by atoms with E-state index in [9.17, 15) is 5.11 Å². The van der Waals surface area contributed by atoms with Crippen molar-refractivity contribution < 1.29 is 5.11 Å². The van der Waals surface area contributed by atoms with E-state index in [0.717, 1.165) is 11.3 Å². The molecule has 0 spiro atoms. The first kappa shape index (κ1) is 10.5. The van der Waals surface area contributed by atoms with E-state index < -0.39 is 0 Å². The molecule has 1 atom stereocenters. The molecule has 0 radical (unpaired) electrons. The Morgan fingerprint density at radius 3 is 2.81 bits per heavy atom. The molecule has 0 bridgehead atoms. The summed E-state index contributed by atoms with van der Waals surface area (Å²) in [5, 5.41) is 14.3. The maximum Gasteiger partial charge on any atom is 0.0930 e. The molecule has 3 rings (SSSR count). The molecule has 0 saturated heterocycles. The minimum atomic E-state index is -0.358. The van der Waals surface area contributed by atoms with Crippen LogP contribution in [0.2, 0.25) is 0 Å². The van der Waals surface area contributed by atoms with Gasteiger partial charge in [0, 0.05) is 25.6 Å². The lowest BCUT2D eigenvalue weighted by atomic mass is 10.2. The van der Waals surface area contributed by atoms with Gasteiger partial charge in [0.15, 0.2) is 0 Å². The van der Waals surface area contributed by atoms with E-state index in [2.05, 4.69) is 29.0 Å². The zero-order chi connectivity index (χ0) is 11.0. The van der Waals surface area contributed by atoms with Crippen LogP contribution in [0.1, 0.15) is 15.9 Å². The highest BCUT2D eigenvalue weighted by Crippen LogP contribution is 2.34. The maximum absolute atomic E-state index is 10.1. The molecule has 3 aromatic heterocycles. The number of rotatable bonds is 3. The minimum absolute atomic E-state index is 0.358.